The molecule has 0 amide bonds. The molecule has 5 heteroatoms. The maximum Gasteiger partial charge on any atom is 0.306 e. The summed E-state index contributed by atoms with van der Waals surface area (Å²) in [6, 6.07) is 0.843. The summed E-state index contributed by atoms with van der Waals surface area (Å²) in [7, 11) is 2.39. The molecular formula is C44H71NO4. The number of nitrogens with zero attached hydrogens (tertiary/aromatic N) is 1. The van der Waals surface area contributed by atoms with Gasteiger partial charge < -0.3 is 14.7 Å². The molecule has 0 heterocycles. The van der Waals surface area contributed by atoms with E-state index in [0.717, 1.165) is 42.6 Å². The summed E-state index contributed by atoms with van der Waals surface area (Å²) in [5.74, 6) is 3.90. The molecule has 7 rings (SSSR count). The first-order valence-corrected chi connectivity index (χ1v) is 20.6. The zero-order chi connectivity index (χ0) is 35.5. The Morgan fingerprint density at radius 1 is 0.857 bits per heavy atom. The predicted octanol–water partition coefficient (Wildman–Crippen LogP) is 10.2. The van der Waals surface area contributed by atoms with Crippen molar-refractivity contribution < 1.29 is 19.4 Å². The highest BCUT2D eigenvalue weighted by Gasteiger charge is 2.83. The number of allylic oxidation sites excluding steroid dienone is 1. The van der Waals surface area contributed by atoms with Crippen LogP contribution in [0.2, 0.25) is 0 Å². The Hall–Kier alpha value is -1.36. The van der Waals surface area contributed by atoms with E-state index in [2.05, 4.69) is 60.1 Å². The van der Waals surface area contributed by atoms with Gasteiger partial charge in [-0.3, -0.25) is 9.59 Å². The van der Waals surface area contributed by atoms with Crippen molar-refractivity contribution in [3.8, 4) is 0 Å². The highest BCUT2D eigenvalue weighted by molar-refractivity contribution is 5.73. The van der Waals surface area contributed by atoms with Gasteiger partial charge in [-0.1, -0.05) is 60.6 Å². The van der Waals surface area contributed by atoms with Gasteiger partial charge in [-0.2, -0.15) is 0 Å². The van der Waals surface area contributed by atoms with Crippen molar-refractivity contribution in [1.29, 1.82) is 0 Å². The molecule has 0 aromatic rings. The summed E-state index contributed by atoms with van der Waals surface area (Å²) < 4.78 is 6.44. The van der Waals surface area contributed by atoms with Crippen LogP contribution in [0.25, 0.3) is 0 Å². The standard InChI is InChI=1S/C44H71NO4/c1-27(2)30-15-19-43(23-24-45(10)29-12-13-29)22-21-41(8)32(37(30)43)17-20-44-36-28(3)11-14-33(49-35(48)26-39(4,5)25-34(46)47)40(6,7)31(38(36)44)16-18-42(41,44)9/h28-33,36-38H,1,11-26H2,2-10H3,(H,46,47)/t28-,30-,31+,32+,33-,36?,37+,38?,41+,42-,43+,44-/m0/s1. The van der Waals surface area contributed by atoms with E-state index in [4.69, 9.17) is 4.74 Å². The number of carbonyl (C=O) groups excluding carboxylic acids is 1. The minimum Gasteiger partial charge on any atom is -0.481 e. The Morgan fingerprint density at radius 2 is 1.55 bits per heavy atom. The molecule has 0 saturated heterocycles. The summed E-state index contributed by atoms with van der Waals surface area (Å²) in [4.78, 5) is 27.6. The Morgan fingerprint density at radius 3 is 2.20 bits per heavy atom. The Balaban J connectivity index is 1.16. The van der Waals surface area contributed by atoms with Crippen LogP contribution in [0.5, 0.6) is 0 Å². The summed E-state index contributed by atoms with van der Waals surface area (Å²) >= 11 is 0. The van der Waals surface area contributed by atoms with E-state index in [1.807, 2.05) is 13.8 Å². The van der Waals surface area contributed by atoms with Gasteiger partial charge in [-0.15, -0.1) is 0 Å². The molecule has 0 aliphatic heterocycles. The van der Waals surface area contributed by atoms with Crippen LogP contribution in [-0.2, 0) is 14.3 Å². The van der Waals surface area contributed by atoms with Crippen molar-refractivity contribution in [1.82, 2.24) is 4.90 Å². The second kappa shape index (κ2) is 11.8. The molecule has 1 spiro atoms. The van der Waals surface area contributed by atoms with E-state index in [9.17, 15) is 14.7 Å². The molecule has 5 nitrogen and oxygen atoms in total. The number of carbonyl (C=O) groups is 2. The molecule has 7 aliphatic rings. The average Bonchev–Trinajstić information content (AvgIpc) is 3.91. The molecule has 2 unspecified atom stereocenters. The number of esters is 1. The van der Waals surface area contributed by atoms with Crippen molar-refractivity contribution in [2.75, 3.05) is 13.6 Å². The number of carboxylic acids is 1. The van der Waals surface area contributed by atoms with Gasteiger partial charge >= 0.3 is 11.9 Å². The number of hydrogen-bond donors (Lipinski definition) is 1. The Kier molecular flexibility index (Phi) is 8.69. The fourth-order valence-corrected chi connectivity index (χ4v) is 15.3. The third-order valence-electron chi connectivity index (χ3n) is 18.1. The van der Waals surface area contributed by atoms with E-state index < -0.39 is 11.4 Å². The quantitative estimate of drug-likeness (QED) is 0.184. The maximum atomic E-state index is 13.4. The Bertz CT molecular complexity index is 1350. The number of rotatable bonds is 10. The lowest BCUT2D eigenvalue weighted by Crippen LogP contribution is -2.62. The minimum atomic E-state index is -0.857. The zero-order valence-corrected chi connectivity index (χ0v) is 32.8. The van der Waals surface area contributed by atoms with Crippen molar-refractivity contribution in [2.24, 2.45) is 73.9 Å². The van der Waals surface area contributed by atoms with E-state index in [1.165, 1.54) is 82.7 Å². The monoisotopic (exact) mass is 678 g/mol. The number of aliphatic carboxylic acids is 1. The fourth-order valence-electron chi connectivity index (χ4n) is 15.3. The lowest BCUT2D eigenvalue weighted by molar-refractivity contribution is -0.202. The van der Waals surface area contributed by atoms with Crippen molar-refractivity contribution in [3.63, 3.8) is 0 Å². The third kappa shape index (κ3) is 5.36. The third-order valence-corrected chi connectivity index (χ3v) is 18.1. The summed E-state index contributed by atoms with van der Waals surface area (Å²) in [5.41, 5.74) is 2.35. The van der Waals surface area contributed by atoms with Crippen LogP contribution >= 0.6 is 0 Å². The smallest absolute Gasteiger partial charge is 0.306 e. The molecule has 0 aromatic carbocycles. The van der Waals surface area contributed by atoms with Crippen LogP contribution in [0.4, 0.5) is 0 Å². The first-order chi connectivity index (χ1) is 22.8. The maximum absolute atomic E-state index is 13.4. The number of ether oxygens (including phenoxy) is 1. The van der Waals surface area contributed by atoms with E-state index in [1.54, 1.807) is 0 Å². The molecular weight excluding hydrogens is 606 g/mol. The topological polar surface area (TPSA) is 66.8 Å². The fraction of sp³-hybridized carbons (Fsp3) is 0.909. The molecule has 7 fully saturated rings. The molecule has 276 valence electrons. The zero-order valence-electron chi connectivity index (χ0n) is 32.8. The van der Waals surface area contributed by atoms with Crippen LogP contribution in [0.1, 0.15) is 152 Å². The molecule has 0 radical (unpaired) electrons. The minimum absolute atomic E-state index is 0.0208. The van der Waals surface area contributed by atoms with Gasteiger partial charge in [0.05, 0.1) is 12.8 Å². The average molecular weight is 678 g/mol. The normalized spacial score (nSPS) is 46.7. The summed E-state index contributed by atoms with van der Waals surface area (Å²) in [6.07, 6.45) is 17.2. The summed E-state index contributed by atoms with van der Waals surface area (Å²) in [5, 5.41) is 9.40. The van der Waals surface area contributed by atoms with E-state index >= 15 is 0 Å². The van der Waals surface area contributed by atoms with Gasteiger partial charge in [0.25, 0.3) is 0 Å². The highest BCUT2D eigenvalue weighted by Crippen LogP contribution is 2.89. The molecule has 12 atom stereocenters. The van der Waals surface area contributed by atoms with Crippen LogP contribution < -0.4 is 0 Å². The van der Waals surface area contributed by atoms with Crippen molar-refractivity contribution >= 4 is 11.9 Å². The molecule has 49 heavy (non-hydrogen) atoms. The Labute approximate surface area is 299 Å². The number of fused-ring (bicyclic) bond motifs is 4. The van der Waals surface area contributed by atoms with Crippen LogP contribution in [0.15, 0.2) is 12.2 Å². The second-order valence-corrected chi connectivity index (χ2v) is 21.2. The second-order valence-electron chi connectivity index (χ2n) is 21.2. The highest BCUT2D eigenvalue weighted by atomic mass is 16.5. The molecule has 1 N–H and O–H groups in total. The predicted molar refractivity (Wildman–Crippen MR) is 197 cm³/mol. The van der Waals surface area contributed by atoms with Crippen LogP contribution in [0.3, 0.4) is 0 Å². The molecule has 0 aromatic heterocycles. The SMILES string of the molecule is C=C(C)[C@@H]1CC[C@]2(CCN(C)C3CC3)CC[C@]3(C)[C@H](CC[C@@]45C6C4[C@@H](C)CC[C@H](OC(=O)CC(C)(C)CC(=O)O)C(C)(C)[C@@H]6CC[C@]53C)[C@@H]12. The van der Waals surface area contributed by atoms with Gasteiger partial charge in [-0.05, 0) is 172 Å². The lowest BCUT2D eigenvalue weighted by Gasteiger charge is -2.69. The first-order valence-electron chi connectivity index (χ1n) is 20.6. The van der Waals surface area contributed by atoms with Crippen LogP contribution in [0, 0.1) is 73.9 Å². The van der Waals surface area contributed by atoms with Gasteiger partial charge in [0, 0.05) is 11.5 Å². The van der Waals surface area contributed by atoms with Crippen molar-refractivity contribution in [3.05, 3.63) is 12.2 Å². The van der Waals surface area contributed by atoms with E-state index in [-0.39, 0.29) is 30.3 Å². The largest absolute Gasteiger partial charge is 0.481 e. The van der Waals surface area contributed by atoms with Crippen molar-refractivity contribution in [2.45, 2.75) is 164 Å². The van der Waals surface area contributed by atoms with Crippen LogP contribution in [-0.4, -0.2) is 47.7 Å². The lowest BCUT2D eigenvalue weighted by atomic mass is 9.36. The number of hydrogen-bond acceptors (Lipinski definition) is 4. The molecule has 0 bridgehead atoms. The van der Waals surface area contributed by atoms with Gasteiger partial charge in [0.2, 0.25) is 0 Å². The molecule has 7 aliphatic carbocycles. The van der Waals surface area contributed by atoms with E-state index in [0.29, 0.717) is 39.4 Å². The van der Waals surface area contributed by atoms with Gasteiger partial charge in [0.15, 0.2) is 0 Å². The molecule has 7 saturated carbocycles. The van der Waals surface area contributed by atoms with Gasteiger partial charge in [0.1, 0.15) is 6.10 Å². The number of carboxylic acid groups (broad SMARTS) is 1. The first kappa shape index (κ1) is 36.0. The van der Waals surface area contributed by atoms with Gasteiger partial charge in [-0.25, -0.2) is 0 Å². The summed E-state index contributed by atoms with van der Waals surface area (Å²) in [6.45, 7) is 25.0.